The van der Waals surface area contributed by atoms with E-state index in [9.17, 15) is 14.4 Å². The molecule has 2 amide bonds. The molecule has 4 nitrogen and oxygen atoms in total. The van der Waals surface area contributed by atoms with E-state index >= 15 is 0 Å². The SMILES string of the molecule is [2H]CCC1CC(=O)N(CC(C)=O)C1=O. The van der Waals surface area contributed by atoms with E-state index in [0.29, 0.717) is 6.42 Å². The molecule has 13 heavy (non-hydrogen) atoms. The number of amides is 2. The fourth-order valence-electron chi connectivity index (χ4n) is 1.37. The molecule has 72 valence electrons. The van der Waals surface area contributed by atoms with E-state index in [-0.39, 0.29) is 43.4 Å². The number of imide groups is 1. The highest BCUT2D eigenvalue weighted by atomic mass is 16.2. The second-order valence-corrected chi connectivity index (χ2v) is 3.21. The van der Waals surface area contributed by atoms with E-state index in [2.05, 4.69) is 0 Å². The Kier molecular flexibility index (Phi) is 2.38. The van der Waals surface area contributed by atoms with Crippen molar-refractivity contribution in [1.29, 1.82) is 0 Å². The monoisotopic (exact) mass is 184 g/mol. The third kappa shape index (κ3) is 1.94. The van der Waals surface area contributed by atoms with Gasteiger partial charge in [0, 0.05) is 13.7 Å². The van der Waals surface area contributed by atoms with E-state index in [4.69, 9.17) is 1.37 Å². The minimum Gasteiger partial charge on any atom is -0.298 e. The molecule has 4 heteroatoms. The first-order valence-corrected chi connectivity index (χ1v) is 4.19. The van der Waals surface area contributed by atoms with E-state index in [1.807, 2.05) is 0 Å². The zero-order valence-electron chi connectivity index (χ0n) is 8.58. The van der Waals surface area contributed by atoms with Crippen molar-refractivity contribution in [2.24, 2.45) is 5.92 Å². The molecule has 1 fully saturated rings. The lowest BCUT2D eigenvalue weighted by Crippen LogP contribution is -2.34. The minimum atomic E-state index is -0.376. The number of carbonyl (C=O) groups is 3. The molecule has 1 saturated heterocycles. The standard InChI is InChI=1S/C9H13NO3/c1-3-7-4-8(12)10(9(7)13)5-6(2)11/h7H,3-5H2,1-2H3/i1D. The summed E-state index contributed by atoms with van der Waals surface area (Å²) in [4.78, 5) is 34.6. The van der Waals surface area contributed by atoms with Crippen molar-refractivity contribution in [2.75, 3.05) is 6.54 Å². The molecule has 1 unspecified atom stereocenters. The number of Topliss-reactive ketones (excluding diaryl/α,β-unsaturated/α-hetero) is 1. The van der Waals surface area contributed by atoms with Gasteiger partial charge in [-0.05, 0) is 13.3 Å². The number of hydrogen-bond acceptors (Lipinski definition) is 3. The van der Waals surface area contributed by atoms with Gasteiger partial charge in [-0.2, -0.15) is 0 Å². The fraction of sp³-hybridized carbons (Fsp3) is 0.667. The molecule has 0 aromatic rings. The van der Waals surface area contributed by atoms with Gasteiger partial charge >= 0.3 is 0 Å². The smallest absolute Gasteiger partial charge is 0.233 e. The minimum absolute atomic E-state index is 0.119. The first-order chi connectivity index (χ1) is 6.56. The fourth-order valence-corrected chi connectivity index (χ4v) is 1.37. The number of rotatable bonds is 3. The average molecular weight is 184 g/mol. The van der Waals surface area contributed by atoms with Crippen LogP contribution in [-0.4, -0.2) is 29.0 Å². The summed E-state index contributed by atoms with van der Waals surface area (Å²) in [6.07, 6.45) is 0.559. The zero-order chi connectivity index (χ0) is 10.7. The molecule has 1 rings (SSSR count). The first-order valence-electron chi connectivity index (χ1n) is 4.90. The van der Waals surface area contributed by atoms with E-state index in [1.165, 1.54) is 6.92 Å². The molecule has 0 aromatic carbocycles. The number of likely N-dealkylation sites (tertiary alicyclic amines) is 1. The van der Waals surface area contributed by atoms with Crippen LogP contribution in [0.2, 0.25) is 0 Å². The van der Waals surface area contributed by atoms with E-state index in [0.717, 1.165) is 4.90 Å². The van der Waals surface area contributed by atoms with Crippen LogP contribution in [0.15, 0.2) is 0 Å². The Labute approximate surface area is 78.3 Å². The van der Waals surface area contributed by atoms with Crippen molar-refractivity contribution >= 4 is 17.6 Å². The van der Waals surface area contributed by atoms with Crippen LogP contribution in [0, 0.1) is 5.92 Å². The lowest BCUT2D eigenvalue weighted by Gasteiger charge is -2.11. The maximum absolute atomic E-state index is 11.5. The van der Waals surface area contributed by atoms with Crippen LogP contribution in [-0.2, 0) is 14.4 Å². The molecule has 0 aliphatic carbocycles. The zero-order valence-corrected chi connectivity index (χ0v) is 7.58. The summed E-state index contributed by atoms with van der Waals surface area (Å²) in [6.45, 7) is 1.36. The average Bonchev–Trinajstić information content (AvgIpc) is 2.33. The van der Waals surface area contributed by atoms with Crippen LogP contribution < -0.4 is 0 Å². The van der Waals surface area contributed by atoms with Gasteiger partial charge < -0.3 is 0 Å². The van der Waals surface area contributed by atoms with E-state index < -0.39 is 0 Å². The van der Waals surface area contributed by atoms with Gasteiger partial charge in [0.05, 0.1) is 6.54 Å². The highest BCUT2D eigenvalue weighted by Gasteiger charge is 2.37. The summed E-state index contributed by atoms with van der Waals surface area (Å²) in [5.74, 6) is -1.15. The molecule has 1 aliphatic rings. The van der Waals surface area contributed by atoms with Crippen molar-refractivity contribution in [3.63, 3.8) is 0 Å². The van der Waals surface area contributed by atoms with Gasteiger partial charge in [-0.15, -0.1) is 0 Å². The number of ketones is 1. The maximum Gasteiger partial charge on any atom is 0.233 e. The van der Waals surface area contributed by atoms with Crippen LogP contribution in [0.1, 0.15) is 28.0 Å². The predicted molar refractivity (Wildman–Crippen MR) is 45.8 cm³/mol. The maximum atomic E-state index is 11.5. The van der Waals surface area contributed by atoms with Crippen molar-refractivity contribution < 1.29 is 15.8 Å². The van der Waals surface area contributed by atoms with Crippen molar-refractivity contribution in [2.45, 2.75) is 26.7 Å². The number of hydrogen-bond donors (Lipinski definition) is 0. The molecular formula is C9H13NO3. The normalized spacial score (nSPS) is 23.6. The van der Waals surface area contributed by atoms with Crippen LogP contribution in [0.3, 0.4) is 0 Å². The Balaban J connectivity index is 2.65. The van der Waals surface area contributed by atoms with E-state index in [1.54, 1.807) is 0 Å². The molecule has 1 aliphatic heterocycles. The van der Waals surface area contributed by atoms with Crippen LogP contribution in [0.4, 0.5) is 0 Å². The molecule has 0 aromatic heterocycles. The third-order valence-electron chi connectivity index (χ3n) is 2.07. The van der Waals surface area contributed by atoms with Crippen LogP contribution in [0.25, 0.3) is 0 Å². The highest BCUT2D eigenvalue weighted by molar-refractivity contribution is 6.05. The molecule has 0 N–H and O–H groups in total. The van der Waals surface area contributed by atoms with Crippen LogP contribution >= 0.6 is 0 Å². The van der Waals surface area contributed by atoms with Gasteiger partial charge in [0.15, 0.2) is 0 Å². The first kappa shape index (κ1) is 8.41. The molecule has 0 bridgehead atoms. The van der Waals surface area contributed by atoms with Gasteiger partial charge in [-0.1, -0.05) is 6.90 Å². The molecule has 0 saturated carbocycles. The number of carbonyl (C=O) groups excluding carboxylic acids is 3. The summed E-state index contributed by atoms with van der Waals surface area (Å²) in [5.41, 5.74) is 0. The Morgan fingerprint density at radius 3 is 2.92 bits per heavy atom. The number of nitrogens with zero attached hydrogens (tertiary/aromatic N) is 1. The topological polar surface area (TPSA) is 54.5 Å². The second-order valence-electron chi connectivity index (χ2n) is 3.21. The van der Waals surface area contributed by atoms with Gasteiger partial charge in [-0.25, -0.2) is 0 Å². The summed E-state index contributed by atoms with van der Waals surface area (Å²) in [7, 11) is 0. The summed E-state index contributed by atoms with van der Waals surface area (Å²) < 4.78 is 6.98. The summed E-state index contributed by atoms with van der Waals surface area (Å²) >= 11 is 0. The Morgan fingerprint density at radius 2 is 2.38 bits per heavy atom. The lowest BCUT2D eigenvalue weighted by molar-refractivity contribution is -0.142. The van der Waals surface area contributed by atoms with Crippen molar-refractivity contribution in [1.82, 2.24) is 4.90 Å². The largest absolute Gasteiger partial charge is 0.298 e. The predicted octanol–water partition coefficient (Wildman–Crippen LogP) is 0.361. The van der Waals surface area contributed by atoms with Gasteiger partial charge in [0.1, 0.15) is 5.78 Å². The third-order valence-corrected chi connectivity index (χ3v) is 2.07. The highest BCUT2D eigenvalue weighted by Crippen LogP contribution is 2.21. The van der Waals surface area contributed by atoms with Gasteiger partial charge in [-0.3, -0.25) is 19.3 Å². The van der Waals surface area contributed by atoms with Crippen LogP contribution in [0.5, 0.6) is 0 Å². The molecule has 1 heterocycles. The summed E-state index contributed by atoms with van der Waals surface area (Å²) in [6, 6.07) is 0. The molecule has 0 radical (unpaired) electrons. The molecular weight excluding hydrogens is 170 g/mol. The van der Waals surface area contributed by atoms with Gasteiger partial charge in [0.25, 0.3) is 0 Å². The summed E-state index contributed by atoms with van der Waals surface area (Å²) in [5, 5.41) is 0. The Bertz CT molecular complexity index is 277. The van der Waals surface area contributed by atoms with Crippen molar-refractivity contribution in [3.05, 3.63) is 0 Å². The van der Waals surface area contributed by atoms with Gasteiger partial charge in [0.2, 0.25) is 11.8 Å². The second kappa shape index (κ2) is 3.68. The lowest BCUT2D eigenvalue weighted by atomic mass is 10.1. The molecule has 0 spiro atoms. The molecule has 1 atom stereocenters. The quantitative estimate of drug-likeness (QED) is 0.595. The Morgan fingerprint density at radius 1 is 1.69 bits per heavy atom. The Hall–Kier alpha value is -1.19. The van der Waals surface area contributed by atoms with Crippen molar-refractivity contribution in [3.8, 4) is 0 Å².